The molecule has 0 saturated carbocycles. The molecule has 0 aliphatic heterocycles. The molecule has 11 heavy (non-hydrogen) atoms. The van der Waals surface area contributed by atoms with E-state index in [0.717, 1.165) is 0 Å². The van der Waals surface area contributed by atoms with Crippen molar-refractivity contribution in [2.45, 2.75) is 5.88 Å². The first-order valence-corrected chi connectivity index (χ1v) is 4.17. The number of benzene rings is 1. The van der Waals surface area contributed by atoms with Gasteiger partial charge in [-0.2, -0.15) is 0 Å². The van der Waals surface area contributed by atoms with Gasteiger partial charge in [-0.15, -0.1) is 11.6 Å². The maximum atomic E-state index is 9.11. The number of halogens is 3. The summed E-state index contributed by atoms with van der Waals surface area (Å²) < 4.78 is 0. The van der Waals surface area contributed by atoms with E-state index in [2.05, 4.69) is 0 Å². The summed E-state index contributed by atoms with van der Waals surface area (Å²) in [6.45, 7) is 0. The lowest BCUT2D eigenvalue weighted by Crippen LogP contribution is -1.82. The topological polar surface area (TPSA) is 20.2 Å². The summed E-state index contributed by atoms with van der Waals surface area (Å²) in [5, 5.41) is 9.81. The number of aromatic hydroxyl groups is 1. The van der Waals surface area contributed by atoms with E-state index in [1.807, 2.05) is 0 Å². The predicted octanol–water partition coefficient (Wildman–Crippen LogP) is 3.44. The van der Waals surface area contributed by atoms with E-state index >= 15 is 0 Å². The Kier molecular flexibility index (Phi) is 2.88. The monoisotopic (exact) mass is 210 g/mol. The molecule has 0 aliphatic rings. The highest BCUT2D eigenvalue weighted by molar-refractivity contribution is 6.38. The summed E-state index contributed by atoms with van der Waals surface area (Å²) in [5.41, 5.74) is 0.565. The number of phenolic OH excluding ortho intramolecular Hbond substituents is 1. The number of hydrogen-bond acceptors (Lipinski definition) is 1. The molecule has 1 aromatic rings. The molecule has 0 unspecified atom stereocenters. The van der Waals surface area contributed by atoms with E-state index in [9.17, 15) is 0 Å². The molecule has 0 heterocycles. The standard InChI is InChI=1S/C7H5Cl3O/c8-3-4-5(9)1-2-6(11)7(4)10/h1-2,11H,3H2. The smallest absolute Gasteiger partial charge is 0.134 e. The molecule has 4 heteroatoms. The minimum Gasteiger partial charge on any atom is -0.506 e. The molecule has 0 amide bonds. The molecular weight excluding hydrogens is 206 g/mol. The van der Waals surface area contributed by atoms with Gasteiger partial charge >= 0.3 is 0 Å². The van der Waals surface area contributed by atoms with Gasteiger partial charge in [-0.25, -0.2) is 0 Å². The van der Waals surface area contributed by atoms with Gasteiger partial charge in [-0.1, -0.05) is 23.2 Å². The van der Waals surface area contributed by atoms with Gasteiger partial charge in [0, 0.05) is 10.6 Å². The van der Waals surface area contributed by atoms with Crippen molar-refractivity contribution in [3.63, 3.8) is 0 Å². The first kappa shape index (κ1) is 8.98. The van der Waals surface area contributed by atoms with E-state index in [0.29, 0.717) is 10.6 Å². The molecule has 0 saturated heterocycles. The minimum atomic E-state index is 0.00622. The van der Waals surface area contributed by atoms with Gasteiger partial charge < -0.3 is 5.11 Å². The molecule has 0 atom stereocenters. The largest absolute Gasteiger partial charge is 0.506 e. The van der Waals surface area contributed by atoms with E-state index in [4.69, 9.17) is 39.9 Å². The van der Waals surface area contributed by atoms with Crippen LogP contribution in [0, 0.1) is 0 Å². The van der Waals surface area contributed by atoms with Crippen LogP contribution in [-0.2, 0) is 5.88 Å². The van der Waals surface area contributed by atoms with Crippen molar-refractivity contribution in [1.82, 2.24) is 0 Å². The number of rotatable bonds is 1. The molecule has 1 nitrogen and oxygen atoms in total. The van der Waals surface area contributed by atoms with Crippen molar-refractivity contribution in [3.05, 3.63) is 27.7 Å². The SMILES string of the molecule is Oc1ccc(Cl)c(CCl)c1Cl. The van der Waals surface area contributed by atoms with Gasteiger partial charge in [0.25, 0.3) is 0 Å². The summed E-state index contributed by atoms with van der Waals surface area (Å²) in [4.78, 5) is 0. The molecule has 0 bridgehead atoms. The van der Waals surface area contributed by atoms with Gasteiger partial charge in [0.1, 0.15) is 5.75 Å². The molecule has 1 aromatic carbocycles. The lowest BCUT2D eigenvalue weighted by molar-refractivity contribution is 0.475. The zero-order valence-corrected chi connectivity index (χ0v) is 7.71. The summed E-state index contributed by atoms with van der Waals surface area (Å²) >= 11 is 16.9. The van der Waals surface area contributed by atoms with Gasteiger partial charge in [0.15, 0.2) is 0 Å². The predicted molar refractivity (Wildman–Crippen MR) is 47.7 cm³/mol. The van der Waals surface area contributed by atoms with Gasteiger partial charge in [0.2, 0.25) is 0 Å². The van der Waals surface area contributed by atoms with Crippen molar-refractivity contribution >= 4 is 34.8 Å². The molecule has 0 aliphatic carbocycles. The zero-order valence-electron chi connectivity index (χ0n) is 5.44. The van der Waals surface area contributed by atoms with Gasteiger partial charge in [0.05, 0.1) is 10.9 Å². The minimum absolute atomic E-state index is 0.00622. The molecule has 1 rings (SSSR count). The Morgan fingerprint density at radius 3 is 2.36 bits per heavy atom. The Bertz CT molecular complexity index is 273. The molecule has 60 valence electrons. The summed E-state index contributed by atoms with van der Waals surface area (Å²) in [5.74, 6) is 0.207. The lowest BCUT2D eigenvalue weighted by Gasteiger charge is -2.03. The average Bonchev–Trinajstić information content (AvgIpc) is 1.99. The van der Waals surface area contributed by atoms with Gasteiger partial charge in [-0.05, 0) is 12.1 Å². The molecule has 0 spiro atoms. The van der Waals surface area contributed by atoms with Crippen molar-refractivity contribution in [3.8, 4) is 5.75 Å². The van der Waals surface area contributed by atoms with Crippen molar-refractivity contribution < 1.29 is 5.11 Å². The molecule has 0 aromatic heterocycles. The Morgan fingerprint density at radius 2 is 1.91 bits per heavy atom. The summed E-state index contributed by atoms with van der Waals surface area (Å²) in [7, 11) is 0. The molecular formula is C7H5Cl3O. The number of alkyl halides is 1. The summed E-state index contributed by atoms with van der Waals surface area (Å²) in [6, 6.07) is 2.99. The van der Waals surface area contributed by atoms with Crippen LogP contribution in [0.5, 0.6) is 5.75 Å². The third-order valence-corrected chi connectivity index (χ3v) is 2.34. The molecule has 0 radical (unpaired) electrons. The fourth-order valence-electron chi connectivity index (χ4n) is 0.708. The maximum Gasteiger partial charge on any atom is 0.134 e. The molecule has 1 N–H and O–H groups in total. The number of hydrogen-bond donors (Lipinski definition) is 1. The maximum absolute atomic E-state index is 9.11. The fraction of sp³-hybridized carbons (Fsp3) is 0.143. The third kappa shape index (κ3) is 1.73. The highest BCUT2D eigenvalue weighted by atomic mass is 35.5. The second-order valence-corrected chi connectivity index (χ2v) is 3.05. The Hall–Kier alpha value is -0.110. The summed E-state index contributed by atoms with van der Waals surface area (Å²) in [6.07, 6.45) is 0. The van der Waals surface area contributed by atoms with Crippen molar-refractivity contribution in [1.29, 1.82) is 0 Å². The van der Waals surface area contributed by atoms with E-state index in [1.54, 1.807) is 6.07 Å². The van der Waals surface area contributed by atoms with E-state index in [-0.39, 0.29) is 16.7 Å². The van der Waals surface area contributed by atoms with Gasteiger partial charge in [-0.3, -0.25) is 0 Å². The number of phenols is 1. The Morgan fingerprint density at radius 1 is 1.27 bits per heavy atom. The first-order valence-electron chi connectivity index (χ1n) is 2.88. The zero-order chi connectivity index (χ0) is 8.43. The molecule has 0 fully saturated rings. The van der Waals surface area contributed by atoms with Crippen LogP contribution in [0.3, 0.4) is 0 Å². The van der Waals surface area contributed by atoms with Crippen LogP contribution in [0.4, 0.5) is 0 Å². The van der Waals surface area contributed by atoms with Crippen LogP contribution in [0.15, 0.2) is 12.1 Å². The van der Waals surface area contributed by atoms with Crippen molar-refractivity contribution in [2.75, 3.05) is 0 Å². The van der Waals surface area contributed by atoms with Crippen LogP contribution in [0.1, 0.15) is 5.56 Å². The van der Waals surface area contributed by atoms with E-state index in [1.165, 1.54) is 6.07 Å². The highest BCUT2D eigenvalue weighted by Crippen LogP contribution is 2.33. The first-order chi connectivity index (χ1) is 5.16. The third-order valence-electron chi connectivity index (χ3n) is 1.30. The average molecular weight is 211 g/mol. The quantitative estimate of drug-likeness (QED) is 0.706. The van der Waals surface area contributed by atoms with Crippen molar-refractivity contribution in [2.24, 2.45) is 0 Å². The lowest BCUT2D eigenvalue weighted by atomic mass is 10.2. The van der Waals surface area contributed by atoms with Crippen LogP contribution in [0.2, 0.25) is 10.0 Å². The van der Waals surface area contributed by atoms with E-state index < -0.39 is 0 Å². The van der Waals surface area contributed by atoms with Crippen LogP contribution >= 0.6 is 34.8 Å². The van der Waals surface area contributed by atoms with Crippen LogP contribution < -0.4 is 0 Å². The Balaban J connectivity index is 3.29. The second kappa shape index (κ2) is 3.53. The normalized spacial score (nSPS) is 10.1. The fourth-order valence-corrected chi connectivity index (χ4v) is 1.63. The second-order valence-electron chi connectivity index (χ2n) is 1.99. The Labute approximate surface area is 79.5 Å². The highest BCUT2D eigenvalue weighted by Gasteiger charge is 2.07. The van der Waals surface area contributed by atoms with Crippen LogP contribution in [0.25, 0.3) is 0 Å². The van der Waals surface area contributed by atoms with Crippen LogP contribution in [-0.4, -0.2) is 5.11 Å².